The van der Waals surface area contributed by atoms with E-state index in [2.05, 4.69) is 6.58 Å². The maximum absolute atomic E-state index is 9.76. The fourth-order valence-corrected chi connectivity index (χ4v) is 1.58. The van der Waals surface area contributed by atoms with Crippen molar-refractivity contribution in [2.45, 2.75) is 20.3 Å². The van der Waals surface area contributed by atoms with Crippen LogP contribution in [0.3, 0.4) is 0 Å². The first kappa shape index (κ1) is 10.1. The highest BCUT2D eigenvalue weighted by Gasteiger charge is 2.09. The third-order valence-corrected chi connectivity index (χ3v) is 2.55. The summed E-state index contributed by atoms with van der Waals surface area (Å²) in [6.07, 6.45) is 2.33. The monoisotopic (exact) mass is 196 g/mol. The number of phenolic OH excluding ortho intramolecular Hbond substituents is 1. The van der Waals surface area contributed by atoms with Gasteiger partial charge in [-0.25, -0.2) is 0 Å². The fraction of sp³-hybridized carbons (Fsp3) is 0.273. The smallest absolute Gasteiger partial charge is 0.123 e. The maximum atomic E-state index is 9.76. The van der Waals surface area contributed by atoms with Gasteiger partial charge in [-0.15, -0.1) is 6.58 Å². The van der Waals surface area contributed by atoms with Gasteiger partial charge < -0.3 is 5.11 Å². The highest BCUT2D eigenvalue weighted by atomic mass is 35.5. The first-order valence-electron chi connectivity index (χ1n) is 4.16. The second-order valence-electron chi connectivity index (χ2n) is 3.12. The first-order valence-corrected chi connectivity index (χ1v) is 4.54. The summed E-state index contributed by atoms with van der Waals surface area (Å²) < 4.78 is 0. The molecule has 0 heterocycles. The molecule has 70 valence electrons. The number of rotatable bonds is 2. The Hall–Kier alpha value is -0.950. The lowest BCUT2D eigenvalue weighted by Gasteiger charge is -2.10. The normalized spacial score (nSPS) is 10.1. The van der Waals surface area contributed by atoms with E-state index in [0.29, 0.717) is 17.2 Å². The van der Waals surface area contributed by atoms with Gasteiger partial charge in [-0.05, 0) is 37.5 Å². The molecule has 13 heavy (non-hydrogen) atoms. The van der Waals surface area contributed by atoms with Crippen LogP contribution in [0.1, 0.15) is 16.7 Å². The summed E-state index contributed by atoms with van der Waals surface area (Å²) in [6.45, 7) is 7.43. The second-order valence-corrected chi connectivity index (χ2v) is 3.53. The lowest BCUT2D eigenvalue weighted by Crippen LogP contribution is -1.90. The van der Waals surface area contributed by atoms with Crippen LogP contribution in [0, 0.1) is 13.8 Å². The molecule has 1 N–H and O–H groups in total. The van der Waals surface area contributed by atoms with E-state index in [1.165, 1.54) is 0 Å². The van der Waals surface area contributed by atoms with Crippen LogP contribution in [0.15, 0.2) is 18.7 Å². The number of aromatic hydroxyl groups is 1. The number of hydrogen-bond acceptors (Lipinski definition) is 1. The molecule has 0 aliphatic rings. The summed E-state index contributed by atoms with van der Waals surface area (Å²) in [5.41, 5.74) is 2.66. The standard InChI is InChI=1S/C11H13ClO/c1-4-5-9-10(12)6-7(2)8(3)11(9)13/h4,6,13H,1,5H2,2-3H3. The Kier molecular flexibility index (Phi) is 2.99. The third-order valence-electron chi connectivity index (χ3n) is 2.21. The largest absolute Gasteiger partial charge is 0.507 e. The van der Waals surface area contributed by atoms with Gasteiger partial charge in [-0.2, -0.15) is 0 Å². The number of aryl methyl sites for hydroxylation is 1. The molecule has 1 rings (SSSR count). The van der Waals surface area contributed by atoms with Crippen LogP contribution in [0.5, 0.6) is 5.75 Å². The zero-order valence-electron chi connectivity index (χ0n) is 7.89. The van der Waals surface area contributed by atoms with E-state index >= 15 is 0 Å². The minimum Gasteiger partial charge on any atom is -0.507 e. The number of benzene rings is 1. The summed E-state index contributed by atoms with van der Waals surface area (Å²) in [5.74, 6) is 0.296. The van der Waals surface area contributed by atoms with Crippen LogP contribution in [0.25, 0.3) is 0 Å². The molecule has 0 aliphatic carbocycles. The highest BCUT2D eigenvalue weighted by molar-refractivity contribution is 6.31. The van der Waals surface area contributed by atoms with Crippen LogP contribution < -0.4 is 0 Å². The minimum atomic E-state index is 0.296. The predicted molar refractivity (Wildman–Crippen MR) is 56.5 cm³/mol. The van der Waals surface area contributed by atoms with E-state index in [0.717, 1.165) is 16.7 Å². The average Bonchev–Trinajstić information content (AvgIpc) is 2.09. The molecule has 0 aliphatic heterocycles. The van der Waals surface area contributed by atoms with Crippen molar-refractivity contribution >= 4 is 11.6 Å². The molecule has 1 aromatic carbocycles. The van der Waals surface area contributed by atoms with E-state index in [9.17, 15) is 5.11 Å². The van der Waals surface area contributed by atoms with Gasteiger partial charge in [0.05, 0.1) is 0 Å². The molecule has 2 heteroatoms. The quantitative estimate of drug-likeness (QED) is 0.719. The van der Waals surface area contributed by atoms with E-state index < -0.39 is 0 Å². The van der Waals surface area contributed by atoms with Gasteiger partial charge in [0.25, 0.3) is 0 Å². The van der Waals surface area contributed by atoms with Gasteiger partial charge in [0.1, 0.15) is 5.75 Å². The topological polar surface area (TPSA) is 20.2 Å². The van der Waals surface area contributed by atoms with Gasteiger partial charge >= 0.3 is 0 Å². The van der Waals surface area contributed by atoms with Crippen LogP contribution in [-0.4, -0.2) is 5.11 Å². The van der Waals surface area contributed by atoms with Crippen LogP contribution >= 0.6 is 11.6 Å². The molecule has 0 fully saturated rings. The molecule has 1 nitrogen and oxygen atoms in total. The summed E-state index contributed by atoms with van der Waals surface area (Å²) in [6, 6.07) is 1.87. The second kappa shape index (κ2) is 3.84. The zero-order valence-corrected chi connectivity index (χ0v) is 8.65. The van der Waals surface area contributed by atoms with Crippen molar-refractivity contribution in [2.75, 3.05) is 0 Å². The van der Waals surface area contributed by atoms with Crippen LogP contribution in [-0.2, 0) is 6.42 Å². The summed E-state index contributed by atoms with van der Waals surface area (Å²) >= 11 is 5.98. The zero-order chi connectivity index (χ0) is 10.0. The molecule has 0 amide bonds. The van der Waals surface area contributed by atoms with Crippen molar-refractivity contribution in [3.05, 3.63) is 40.4 Å². The van der Waals surface area contributed by atoms with Crippen molar-refractivity contribution < 1.29 is 5.11 Å². The Bertz CT molecular complexity index is 342. The minimum absolute atomic E-state index is 0.296. The Balaban J connectivity index is 3.34. The Morgan fingerprint density at radius 1 is 1.54 bits per heavy atom. The fourth-order valence-electron chi connectivity index (χ4n) is 1.25. The Morgan fingerprint density at radius 2 is 2.15 bits per heavy atom. The number of hydrogen-bond donors (Lipinski definition) is 1. The molecule has 1 aromatic rings. The van der Waals surface area contributed by atoms with Crippen molar-refractivity contribution in [3.63, 3.8) is 0 Å². The molecular weight excluding hydrogens is 184 g/mol. The van der Waals surface area contributed by atoms with Crippen LogP contribution in [0.4, 0.5) is 0 Å². The molecule has 0 unspecified atom stereocenters. The van der Waals surface area contributed by atoms with E-state index in [4.69, 9.17) is 11.6 Å². The summed E-state index contributed by atoms with van der Waals surface area (Å²) in [4.78, 5) is 0. The number of halogens is 1. The van der Waals surface area contributed by atoms with Gasteiger partial charge in [0.2, 0.25) is 0 Å². The molecule has 0 spiro atoms. The molecule has 0 radical (unpaired) electrons. The number of allylic oxidation sites excluding steroid dienone is 1. The van der Waals surface area contributed by atoms with Crippen molar-refractivity contribution in [1.29, 1.82) is 0 Å². The van der Waals surface area contributed by atoms with Crippen LogP contribution in [0.2, 0.25) is 5.02 Å². The summed E-state index contributed by atoms with van der Waals surface area (Å²) in [5, 5.41) is 10.4. The molecular formula is C11H13ClO. The van der Waals surface area contributed by atoms with Crippen molar-refractivity contribution in [2.24, 2.45) is 0 Å². The van der Waals surface area contributed by atoms with Crippen molar-refractivity contribution in [3.8, 4) is 5.75 Å². The van der Waals surface area contributed by atoms with Gasteiger partial charge in [0, 0.05) is 10.6 Å². The first-order chi connectivity index (χ1) is 6.07. The SMILES string of the molecule is C=CCc1c(Cl)cc(C)c(C)c1O. The maximum Gasteiger partial charge on any atom is 0.123 e. The van der Waals surface area contributed by atoms with E-state index in [-0.39, 0.29) is 0 Å². The summed E-state index contributed by atoms with van der Waals surface area (Å²) in [7, 11) is 0. The van der Waals surface area contributed by atoms with Gasteiger partial charge in [-0.3, -0.25) is 0 Å². The van der Waals surface area contributed by atoms with Gasteiger partial charge in [-0.1, -0.05) is 17.7 Å². The van der Waals surface area contributed by atoms with Crippen molar-refractivity contribution in [1.82, 2.24) is 0 Å². The van der Waals surface area contributed by atoms with E-state index in [1.807, 2.05) is 19.9 Å². The third kappa shape index (κ3) is 1.86. The number of phenols is 1. The molecule has 0 saturated carbocycles. The lowest BCUT2D eigenvalue weighted by atomic mass is 10.0. The molecule has 0 saturated heterocycles. The van der Waals surface area contributed by atoms with E-state index in [1.54, 1.807) is 6.08 Å². The molecule has 0 bridgehead atoms. The Labute approximate surface area is 83.7 Å². The highest BCUT2D eigenvalue weighted by Crippen LogP contribution is 2.32. The van der Waals surface area contributed by atoms with Gasteiger partial charge in [0.15, 0.2) is 0 Å². The molecule has 0 aromatic heterocycles. The lowest BCUT2D eigenvalue weighted by molar-refractivity contribution is 0.465. The average molecular weight is 197 g/mol. The molecule has 0 atom stereocenters. The Morgan fingerprint density at radius 3 is 2.69 bits per heavy atom. The predicted octanol–water partition coefficient (Wildman–Crippen LogP) is 3.39.